The van der Waals surface area contributed by atoms with Gasteiger partial charge in [0.1, 0.15) is 30.5 Å². The summed E-state index contributed by atoms with van der Waals surface area (Å²) >= 11 is 0. The third-order valence-corrected chi connectivity index (χ3v) is 5.93. The number of benzene rings is 2. The Hall–Kier alpha value is -2.29. The summed E-state index contributed by atoms with van der Waals surface area (Å²) in [6, 6.07) is 19.8. The number of hydrogen-bond donors (Lipinski definition) is 0. The third kappa shape index (κ3) is 5.62. The second kappa shape index (κ2) is 10.3. The molecule has 1 aliphatic heterocycles. The molecule has 0 spiro atoms. The van der Waals surface area contributed by atoms with Crippen molar-refractivity contribution >= 4 is 5.97 Å². The van der Waals surface area contributed by atoms with Crippen molar-refractivity contribution in [2.45, 2.75) is 76.4 Å². The van der Waals surface area contributed by atoms with Gasteiger partial charge < -0.3 is 28.4 Å². The minimum atomic E-state index is -0.866. The number of ether oxygens (including phenoxy) is 6. The molecule has 2 aromatic rings. The summed E-state index contributed by atoms with van der Waals surface area (Å²) in [6.45, 7) is 5.78. The van der Waals surface area contributed by atoms with Gasteiger partial charge in [-0.05, 0) is 25.0 Å². The number of rotatable bonds is 8. The fourth-order valence-electron chi connectivity index (χ4n) is 4.58. The fraction of sp³-hybridized carbons (Fsp3) is 0.500. The molecule has 7 heteroatoms. The van der Waals surface area contributed by atoms with Gasteiger partial charge in [0.05, 0.1) is 13.2 Å². The zero-order valence-electron chi connectivity index (χ0n) is 19.5. The summed E-state index contributed by atoms with van der Waals surface area (Å²) in [5.74, 6) is -1.28. The molecule has 2 aromatic carbocycles. The number of esters is 1. The second-order valence-electron chi connectivity index (χ2n) is 8.86. The molecule has 1 aliphatic carbocycles. The Kier molecular flexibility index (Phi) is 7.46. The van der Waals surface area contributed by atoms with Crippen LogP contribution in [0.3, 0.4) is 0 Å². The van der Waals surface area contributed by atoms with Gasteiger partial charge in [-0.25, -0.2) is 0 Å². The first kappa shape index (κ1) is 23.9. The van der Waals surface area contributed by atoms with Gasteiger partial charge in [-0.2, -0.15) is 0 Å². The molecule has 2 aliphatic rings. The van der Waals surface area contributed by atoms with Crippen LogP contribution in [0.4, 0.5) is 0 Å². The van der Waals surface area contributed by atoms with Crippen LogP contribution >= 0.6 is 0 Å². The van der Waals surface area contributed by atoms with E-state index in [2.05, 4.69) is 0 Å². The molecule has 7 nitrogen and oxygen atoms in total. The van der Waals surface area contributed by atoms with E-state index in [1.54, 1.807) is 7.11 Å². The predicted octanol–water partition coefficient (Wildman–Crippen LogP) is 3.64. The Bertz CT molecular complexity index is 901. The highest BCUT2D eigenvalue weighted by Crippen LogP contribution is 2.42. The Morgan fingerprint density at radius 1 is 0.788 bits per heavy atom. The smallest absolute Gasteiger partial charge is 0.303 e. The maximum atomic E-state index is 12.0. The van der Waals surface area contributed by atoms with Crippen molar-refractivity contribution in [2.75, 3.05) is 7.11 Å². The molecule has 0 bridgehead atoms. The highest BCUT2D eigenvalue weighted by Gasteiger charge is 2.61. The monoisotopic (exact) mass is 456 g/mol. The van der Waals surface area contributed by atoms with Crippen LogP contribution in [0.15, 0.2) is 60.7 Å². The van der Waals surface area contributed by atoms with Gasteiger partial charge >= 0.3 is 5.97 Å². The maximum Gasteiger partial charge on any atom is 0.303 e. The lowest BCUT2D eigenvalue weighted by atomic mass is 9.84. The van der Waals surface area contributed by atoms with Crippen molar-refractivity contribution in [3.8, 4) is 0 Å². The summed E-state index contributed by atoms with van der Waals surface area (Å²) in [5.41, 5.74) is 2.05. The molecule has 33 heavy (non-hydrogen) atoms. The summed E-state index contributed by atoms with van der Waals surface area (Å²) in [6.07, 6.45) is -3.40. The molecule has 0 amide bonds. The van der Waals surface area contributed by atoms with Gasteiger partial charge in [0, 0.05) is 14.0 Å². The van der Waals surface area contributed by atoms with Crippen molar-refractivity contribution in [1.29, 1.82) is 0 Å². The summed E-state index contributed by atoms with van der Waals surface area (Å²) in [4.78, 5) is 12.0. The Morgan fingerprint density at radius 3 is 1.76 bits per heavy atom. The van der Waals surface area contributed by atoms with Gasteiger partial charge in [-0.1, -0.05) is 60.7 Å². The number of carbonyl (C=O) groups excluding carboxylic acids is 1. The van der Waals surface area contributed by atoms with E-state index in [9.17, 15) is 4.79 Å². The van der Waals surface area contributed by atoms with Crippen LogP contribution < -0.4 is 0 Å². The normalized spacial score (nSPS) is 30.5. The van der Waals surface area contributed by atoms with Crippen LogP contribution in [-0.2, 0) is 46.4 Å². The minimum absolute atomic E-state index is 0.352. The lowest BCUT2D eigenvalue weighted by Crippen LogP contribution is -2.65. The fourth-order valence-corrected chi connectivity index (χ4v) is 4.58. The summed E-state index contributed by atoms with van der Waals surface area (Å²) < 4.78 is 36.8. The molecule has 1 heterocycles. The molecule has 1 saturated carbocycles. The molecule has 0 unspecified atom stereocenters. The maximum absolute atomic E-state index is 12.0. The quantitative estimate of drug-likeness (QED) is 0.562. The van der Waals surface area contributed by atoms with Gasteiger partial charge in [-0.3, -0.25) is 4.79 Å². The number of methoxy groups -OCH3 is 1. The highest BCUT2D eigenvalue weighted by molar-refractivity contribution is 5.66. The van der Waals surface area contributed by atoms with E-state index >= 15 is 0 Å². The van der Waals surface area contributed by atoms with E-state index in [1.807, 2.05) is 74.5 Å². The number of fused-ring (bicyclic) bond motifs is 1. The third-order valence-electron chi connectivity index (χ3n) is 5.93. The van der Waals surface area contributed by atoms with Gasteiger partial charge in [-0.15, -0.1) is 0 Å². The lowest BCUT2D eigenvalue weighted by Gasteiger charge is -2.45. The first-order chi connectivity index (χ1) is 15.9. The SMILES string of the molecule is CO[C@H]1[C@H](OCc2ccccc2)[C@@H](OCc2ccccc2)[C@H]2OC(C)(C)O[C@H]2[C@@H]1OC(C)=O. The Labute approximate surface area is 194 Å². The molecular weight excluding hydrogens is 424 g/mol. The van der Waals surface area contributed by atoms with Crippen LogP contribution in [-0.4, -0.2) is 55.5 Å². The first-order valence-electron chi connectivity index (χ1n) is 11.2. The van der Waals surface area contributed by atoms with Gasteiger partial charge in [0.15, 0.2) is 11.9 Å². The molecule has 2 fully saturated rings. The van der Waals surface area contributed by atoms with Crippen LogP contribution in [0.2, 0.25) is 0 Å². The molecule has 0 radical (unpaired) electrons. The van der Waals surface area contributed by atoms with Crippen LogP contribution in [0, 0.1) is 0 Å². The topological polar surface area (TPSA) is 72.5 Å². The minimum Gasteiger partial charge on any atom is -0.457 e. The van der Waals surface area contributed by atoms with E-state index in [1.165, 1.54) is 6.92 Å². The molecular formula is C26H32O7. The van der Waals surface area contributed by atoms with E-state index in [0.29, 0.717) is 13.2 Å². The number of hydrogen-bond acceptors (Lipinski definition) is 7. The standard InChI is InChI=1S/C26H32O7/c1-17(27)31-23-20(28-4)21(29-15-18-11-7-5-8-12-18)22(24-25(23)33-26(2,3)32-24)30-16-19-13-9-6-10-14-19/h5-14,20-25H,15-16H2,1-4H3/t20-,21-,22+,23+,24+,25-/m0/s1. The summed E-state index contributed by atoms with van der Waals surface area (Å²) in [7, 11) is 1.58. The van der Waals surface area contributed by atoms with Crippen molar-refractivity contribution in [1.82, 2.24) is 0 Å². The number of carbonyl (C=O) groups is 1. The molecule has 0 N–H and O–H groups in total. The second-order valence-corrected chi connectivity index (χ2v) is 8.86. The van der Waals surface area contributed by atoms with Crippen molar-refractivity contribution in [3.63, 3.8) is 0 Å². The van der Waals surface area contributed by atoms with E-state index < -0.39 is 48.4 Å². The lowest BCUT2D eigenvalue weighted by molar-refractivity contribution is -0.240. The van der Waals surface area contributed by atoms with Crippen LogP contribution in [0.1, 0.15) is 31.9 Å². The van der Waals surface area contributed by atoms with Gasteiger partial charge in [0.25, 0.3) is 0 Å². The highest BCUT2D eigenvalue weighted by atomic mass is 16.8. The van der Waals surface area contributed by atoms with Crippen molar-refractivity contribution in [3.05, 3.63) is 71.8 Å². The Balaban J connectivity index is 1.64. The molecule has 4 rings (SSSR count). The Morgan fingerprint density at radius 2 is 1.27 bits per heavy atom. The zero-order valence-corrected chi connectivity index (χ0v) is 19.5. The van der Waals surface area contributed by atoms with Crippen LogP contribution in [0.5, 0.6) is 0 Å². The average molecular weight is 457 g/mol. The molecule has 1 saturated heterocycles. The average Bonchev–Trinajstić information content (AvgIpc) is 3.13. The largest absolute Gasteiger partial charge is 0.457 e. The van der Waals surface area contributed by atoms with E-state index in [0.717, 1.165) is 11.1 Å². The van der Waals surface area contributed by atoms with Gasteiger partial charge in [0.2, 0.25) is 0 Å². The molecule has 178 valence electrons. The predicted molar refractivity (Wildman–Crippen MR) is 120 cm³/mol. The van der Waals surface area contributed by atoms with Crippen LogP contribution in [0.25, 0.3) is 0 Å². The van der Waals surface area contributed by atoms with Crippen molar-refractivity contribution in [2.24, 2.45) is 0 Å². The molecule has 6 atom stereocenters. The first-order valence-corrected chi connectivity index (χ1v) is 11.2. The summed E-state index contributed by atoms with van der Waals surface area (Å²) in [5, 5.41) is 0. The zero-order chi connectivity index (χ0) is 23.4. The van der Waals surface area contributed by atoms with Crippen molar-refractivity contribution < 1.29 is 33.2 Å². The molecule has 0 aromatic heterocycles. The van der Waals surface area contributed by atoms with E-state index in [-0.39, 0.29) is 0 Å². The van der Waals surface area contributed by atoms with E-state index in [4.69, 9.17) is 28.4 Å².